The van der Waals surface area contributed by atoms with Gasteiger partial charge in [-0.2, -0.15) is 5.10 Å². The summed E-state index contributed by atoms with van der Waals surface area (Å²) in [6.45, 7) is -0.257. The number of methoxy groups -OCH3 is 1. The molecular formula is C24H20FN3O5. The number of rotatable bonds is 8. The van der Waals surface area contributed by atoms with Gasteiger partial charge in [-0.3, -0.25) is 9.59 Å². The molecule has 0 fully saturated rings. The first-order valence-corrected chi connectivity index (χ1v) is 9.77. The van der Waals surface area contributed by atoms with Crippen molar-refractivity contribution >= 4 is 24.0 Å². The number of halogens is 1. The zero-order valence-electron chi connectivity index (χ0n) is 17.6. The molecule has 0 saturated heterocycles. The third kappa shape index (κ3) is 6.73. The molecule has 0 aliphatic carbocycles. The number of carbonyl (C=O) groups is 3. The van der Waals surface area contributed by atoms with E-state index in [-0.39, 0.29) is 17.9 Å². The van der Waals surface area contributed by atoms with E-state index in [9.17, 15) is 18.8 Å². The van der Waals surface area contributed by atoms with Crippen LogP contribution in [0.2, 0.25) is 0 Å². The van der Waals surface area contributed by atoms with Gasteiger partial charge in [-0.25, -0.2) is 14.6 Å². The van der Waals surface area contributed by atoms with Crippen molar-refractivity contribution < 1.29 is 28.2 Å². The molecule has 0 saturated carbocycles. The van der Waals surface area contributed by atoms with Gasteiger partial charge in [-0.05, 0) is 66.2 Å². The maximum atomic E-state index is 13.6. The van der Waals surface area contributed by atoms with Gasteiger partial charge in [-0.15, -0.1) is 0 Å². The Morgan fingerprint density at radius 3 is 2.27 bits per heavy atom. The lowest BCUT2D eigenvalue weighted by molar-refractivity contribution is -0.120. The summed E-state index contributed by atoms with van der Waals surface area (Å²) < 4.78 is 23.8. The van der Waals surface area contributed by atoms with Crippen LogP contribution in [0.1, 0.15) is 26.3 Å². The third-order valence-electron chi connectivity index (χ3n) is 4.35. The third-order valence-corrected chi connectivity index (χ3v) is 4.35. The van der Waals surface area contributed by atoms with E-state index in [0.29, 0.717) is 16.9 Å². The molecule has 2 amide bonds. The van der Waals surface area contributed by atoms with Gasteiger partial charge in [0.2, 0.25) is 0 Å². The van der Waals surface area contributed by atoms with E-state index < -0.39 is 23.6 Å². The molecule has 168 valence electrons. The van der Waals surface area contributed by atoms with Crippen LogP contribution in [-0.2, 0) is 4.79 Å². The topological polar surface area (TPSA) is 106 Å². The van der Waals surface area contributed by atoms with Gasteiger partial charge in [-0.1, -0.05) is 12.1 Å². The quantitative estimate of drug-likeness (QED) is 0.238. The first-order chi connectivity index (χ1) is 16.0. The first kappa shape index (κ1) is 23.1. The van der Waals surface area contributed by atoms with Gasteiger partial charge in [0.25, 0.3) is 11.8 Å². The minimum Gasteiger partial charge on any atom is -0.497 e. The molecule has 0 unspecified atom stereocenters. The second-order valence-corrected chi connectivity index (χ2v) is 6.64. The van der Waals surface area contributed by atoms with E-state index >= 15 is 0 Å². The lowest BCUT2D eigenvalue weighted by atomic mass is 10.2. The van der Waals surface area contributed by atoms with Crippen molar-refractivity contribution in [2.45, 2.75) is 0 Å². The van der Waals surface area contributed by atoms with Crippen molar-refractivity contribution in [1.29, 1.82) is 0 Å². The molecule has 0 bridgehead atoms. The van der Waals surface area contributed by atoms with E-state index in [1.807, 2.05) is 0 Å². The van der Waals surface area contributed by atoms with Crippen LogP contribution < -0.4 is 20.2 Å². The predicted octanol–water partition coefficient (Wildman–Crippen LogP) is 2.93. The highest BCUT2D eigenvalue weighted by atomic mass is 19.1. The van der Waals surface area contributed by atoms with Crippen LogP contribution in [0.5, 0.6) is 11.5 Å². The van der Waals surface area contributed by atoms with E-state index in [0.717, 1.165) is 0 Å². The molecule has 3 rings (SSSR count). The Kier molecular flexibility index (Phi) is 7.85. The molecule has 0 aromatic heterocycles. The fourth-order valence-electron chi connectivity index (χ4n) is 2.63. The minimum absolute atomic E-state index is 0.162. The van der Waals surface area contributed by atoms with Crippen LogP contribution in [0.3, 0.4) is 0 Å². The molecule has 3 aromatic carbocycles. The van der Waals surface area contributed by atoms with Crippen LogP contribution in [-0.4, -0.2) is 37.7 Å². The molecule has 0 spiro atoms. The summed E-state index contributed by atoms with van der Waals surface area (Å²) in [7, 11) is 1.53. The highest BCUT2D eigenvalue weighted by Gasteiger charge is 2.13. The summed E-state index contributed by atoms with van der Waals surface area (Å²) in [5.74, 6) is -1.54. The number of carbonyl (C=O) groups excluding carboxylic acids is 3. The zero-order valence-corrected chi connectivity index (χ0v) is 17.6. The average Bonchev–Trinajstić information content (AvgIpc) is 2.84. The Balaban J connectivity index is 1.45. The molecule has 2 N–H and O–H groups in total. The number of hydrogen-bond acceptors (Lipinski definition) is 6. The molecule has 9 heteroatoms. The van der Waals surface area contributed by atoms with E-state index in [2.05, 4.69) is 15.8 Å². The molecule has 0 radical (unpaired) electrons. The monoisotopic (exact) mass is 449 g/mol. The van der Waals surface area contributed by atoms with Crippen molar-refractivity contribution in [2.24, 2.45) is 5.10 Å². The van der Waals surface area contributed by atoms with E-state index in [4.69, 9.17) is 9.47 Å². The molecule has 0 heterocycles. The second-order valence-electron chi connectivity index (χ2n) is 6.64. The van der Waals surface area contributed by atoms with Crippen LogP contribution in [0, 0.1) is 5.82 Å². The molecule has 33 heavy (non-hydrogen) atoms. The maximum Gasteiger partial charge on any atom is 0.346 e. The van der Waals surface area contributed by atoms with Gasteiger partial charge < -0.3 is 14.8 Å². The Bertz CT molecular complexity index is 1160. The Hall–Kier alpha value is -4.53. The molecular weight excluding hydrogens is 429 g/mol. The van der Waals surface area contributed by atoms with Crippen molar-refractivity contribution in [3.05, 3.63) is 95.3 Å². The van der Waals surface area contributed by atoms with Crippen molar-refractivity contribution in [3.63, 3.8) is 0 Å². The summed E-state index contributed by atoms with van der Waals surface area (Å²) in [5.41, 5.74) is 3.14. The number of nitrogens with zero attached hydrogens (tertiary/aromatic N) is 1. The lowest BCUT2D eigenvalue weighted by Crippen LogP contribution is -2.34. The Morgan fingerprint density at radius 2 is 1.61 bits per heavy atom. The zero-order chi connectivity index (χ0) is 23.6. The number of esters is 1. The van der Waals surface area contributed by atoms with Crippen molar-refractivity contribution in [3.8, 4) is 11.5 Å². The standard InChI is InChI=1S/C24H20FN3O5/c1-32-18-12-8-17(9-13-18)23(30)26-15-22(29)28-27-14-16-6-10-19(11-7-16)33-24(31)20-4-2-3-5-21(20)25/h2-14H,15H2,1H3,(H,26,30)(H,28,29)/b27-14+. The fraction of sp³-hybridized carbons (Fsp3) is 0.0833. The predicted molar refractivity (Wildman–Crippen MR) is 119 cm³/mol. The molecule has 8 nitrogen and oxygen atoms in total. The summed E-state index contributed by atoms with van der Waals surface area (Å²) >= 11 is 0. The number of benzene rings is 3. The Labute approximate surface area is 189 Å². The smallest absolute Gasteiger partial charge is 0.346 e. The average molecular weight is 449 g/mol. The molecule has 0 aliphatic heterocycles. The SMILES string of the molecule is COc1ccc(C(=O)NCC(=O)N/N=C/c2ccc(OC(=O)c3ccccc3F)cc2)cc1. The fourth-order valence-corrected chi connectivity index (χ4v) is 2.63. The van der Waals surface area contributed by atoms with Crippen LogP contribution >= 0.6 is 0 Å². The number of hydrogen-bond donors (Lipinski definition) is 2. The number of ether oxygens (including phenoxy) is 2. The van der Waals surface area contributed by atoms with Gasteiger partial charge in [0.05, 0.1) is 25.4 Å². The number of hydrazone groups is 1. The summed E-state index contributed by atoms with van der Waals surface area (Å²) in [6.07, 6.45) is 1.38. The maximum absolute atomic E-state index is 13.6. The van der Waals surface area contributed by atoms with Crippen LogP contribution in [0.4, 0.5) is 4.39 Å². The van der Waals surface area contributed by atoms with Crippen molar-refractivity contribution in [2.75, 3.05) is 13.7 Å². The second kappa shape index (κ2) is 11.2. The highest BCUT2D eigenvalue weighted by molar-refractivity contribution is 5.96. The molecule has 3 aromatic rings. The van der Waals surface area contributed by atoms with Crippen molar-refractivity contribution in [1.82, 2.24) is 10.7 Å². The van der Waals surface area contributed by atoms with Crippen LogP contribution in [0.15, 0.2) is 77.9 Å². The molecule has 0 atom stereocenters. The number of nitrogens with one attached hydrogen (secondary N) is 2. The summed E-state index contributed by atoms with van der Waals surface area (Å²) in [4.78, 5) is 35.9. The van der Waals surface area contributed by atoms with E-state index in [1.54, 1.807) is 36.4 Å². The molecule has 0 aliphatic rings. The summed E-state index contributed by atoms with van der Waals surface area (Å²) in [5, 5.41) is 6.30. The minimum atomic E-state index is -0.807. The lowest BCUT2D eigenvalue weighted by Gasteiger charge is -2.06. The van der Waals surface area contributed by atoms with Gasteiger partial charge in [0.15, 0.2) is 0 Å². The number of amides is 2. The Morgan fingerprint density at radius 1 is 0.939 bits per heavy atom. The van der Waals surface area contributed by atoms with E-state index in [1.165, 1.54) is 49.7 Å². The highest BCUT2D eigenvalue weighted by Crippen LogP contribution is 2.15. The normalized spacial score (nSPS) is 10.5. The van der Waals surface area contributed by atoms with Gasteiger partial charge in [0, 0.05) is 5.56 Å². The first-order valence-electron chi connectivity index (χ1n) is 9.77. The van der Waals surface area contributed by atoms with Crippen LogP contribution in [0.25, 0.3) is 0 Å². The summed E-state index contributed by atoms with van der Waals surface area (Å²) in [6, 6.07) is 18.2. The largest absolute Gasteiger partial charge is 0.497 e. The van der Waals surface area contributed by atoms with Gasteiger partial charge >= 0.3 is 5.97 Å². The van der Waals surface area contributed by atoms with Gasteiger partial charge in [0.1, 0.15) is 17.3 Å².